The van der Waals surface area contributed by atoms with Crippen LogP contribution in [0.25, 0.3) is 0 Å². The number of nitrogens with one attached hydrogen (secondary N) is 1. The number of alkyl halides is 3. The van der Waals surface area contributed by atoms with Crippen LogP contribution in [0.4, 0.5) is 24.9 Å². The Balaban J connectivity index is 2.98. The van der Waals surface area contributed by atoms with E-state index in [1.807, 2.05) is 32.8 Å². The second-order valence-corrected chi connectivity index (χ2v) is 5.25. The largest absolute Gasteiger partial charge is 0.433 e. The number of aromatic nitrogens is 2. The molecule has 8 heteroatoms. The first-order chi connectivity index (χ1) is 9.09. The third kappa shape index (κ3) is 4.84. The third-order valence-electron chi connectivity index (χ3n) is 2.73. The fourth-order valence-electron chi connectivity index (χ4n) is 1.69. The van der Waals surface area contributed by atoms with Gasteiger partial charge in [-0.05, 0) is 20.0 Å². The number of nitrogens with zero attached hydrogens (tertiary/aromatic N) is 3. The average Bonchev–Trinajstić information content (AvgIpc) is 2.25. The molecule has 0 bridgehead atoms. The van der Waals surface area contributed by atoms with Crippen LogP contribution in [0.15, 0.2) is 6.07 Å². The number of likely N-dealkylation sites (N-methyl/N-ethyl adjacent to an activating group) is 1. The molecule has 0 saturated heterocycles. The lowest BCUT2D eigenvalue weighted by atomic mass is 10.0. The molecule has 0 amide bonds. The fraction of sp³-hybridized carbons (Fsp3) is 0.667. The predicted molar refractivity (Wildman–Crippen MR) is 72.2 cm³/mol. The number of nitrogen functional groups attached to an aromatic ring is 1. The summed E-state index contributed by atoms with van der Waals surface area (Å²) in [7, 11) is 3.79. The van der Waals surface area contributed by atoms with Crippen molar-refractivity contribution in [2.24, 2.45) is 5.92 Å². The molecule has 0 aliphatic carbocycles. The Labute approximate surface area is 116 Å². The van der Waals surface area contributed by atoms with Crippen LogP contribution < -0.4 is 11.1 Å². The van der Waals surface area contributed by atoms with E-state index in [1.165, 1.54) is 0 Å². The highest BCUT2D eigenvalue weighted by atomic mass is 19.4. The van der Waals surface area contributed by atoms with Crippen LogP contribution in [0.1, 0.15) is 19.5 Å². The predicted octanol–water partition coefficient (Wildman–Crippen LogP) is 2.08. The molecule has 0 fully saturated rings. The molecule has 0 spiro atoms. The minimum atomic E-state index is -4.54. The molecule has 5 nitrogen and oxygen atoms in total. The zero-order chi connectivity index (χ0) is 15.5. The maximum atomic E-state index is 12.7. The zero-order valence-electron chi connectivity index (χ0n) is 12.0. The van der Waals surface area contributed by atoms with Crippen molar-refractivity contribution in [3.8, 4) is 0 Å². The number of nitrogens with two attached hydrogens (primary N) is 1. The topological polar surface area (TPSA) is 67.1 Å². The van der Waals surface area contributed by atoms with Gasteiger partial charge in [0, 0.05) is 18.7 Å². The Morgan fingerprint density at radius 3 is 2.35 bits per heavy atom. The first-order valence-corrected chi connectivity index (χ1v) is 6.22. The number of anilines is 2. The van der Waals surface area contributed by atoms with Gasteiger partial charge in [-0.2, -0.15) is 18.2 Å². The molecule has 1 atom stereocenters. The zero-order valence-corrected chi connectivity index (χ0v) is 12.0. The summed E-state index contributed by atoms with van der Waals surface area (Å²) in [5.41, 5.74) is 4.29. The van der Waals surface area contributed by atoms with Crippen molar-refractivity contribution in [1.82, 2.24) is 14.9 Å². The van der Waals surface area contributed by atoms with E-state index in [1.54, 1.807) is 0 Å². The Kier molecular flexibility index (Phi) is 5.15. The van der Waals surface area contributed by atoms with Crippen molar-refractivity contribution in [3.63, 3.8) is 0 Å². The van der Waals surface area contributed by atoms with E-state index in [0.29, 0.717) is 6.54 Å². The molecule has 1 unspecified atom stereocenters. The molecule has 0 saturated carbocycles. The second-order valence-electron chi connectivity index (χ2n) is 5.25. The molecular weight excluding hydrogens is 271 g/mol. The third-order valence-corrected chi connectivity index (χ3v) is 2.73. The summed E-state index contributed by atoms with van der Waals surface area (Å²) in [6.07, 6.45) is -4.54. The van der Waals surface area contributed by atoms with Gasteiger partial charge in [0.1, 0.15) is 5.82 Å². The number of hydrogen-bond donors (Lipinski definition) is 2. The van der Waals surface area contributed by atoms with Gasteiger partial charge in [0.05, 0.1) is 0 Å². The second kappa shape index (κ2) is 6.25. The van der Waals surface area contributed by atoms with E-state index in [0.717, 1.165) is 6.07 Å². The summed E-state index contributed by atoms with van der Waals surface area (Å²) in [5, 5.41) is 2.99. The molecule has 20 heavy (non-hydrogen) atoms. The van der Waals surface area contributed by atoms with Gasteiger partial charge in [-0.1, -0.05) is 13.8 Å². The maximum absolute atomic E-state index is 12.7. The van der Waals surface area contributed by atoms with E-state index in [4.69, 9.17) is 5.73 Å². The lowest BCUT2D eigenvalue weighted by Crippen LogP contribution is -2.36. The van der Waals surface area contributed by atoms with Gasteiger partial charge in [0.2, 0.25) is 5.95 Å². The quantitative estimate of drug-likeness (QED) is 0.869. The summed E-state index contributed by atoms with van der Waals surface area (Å²) in [6, 6.07) is 0.835. The monoisotopic (exact) mass is 291 g/mol. The lowest BCUT2D eigenvalue weighted by molar-refractivity contribution is -0.141. The van der Waals surface area contributed by atoms with Crippen molar-refractivity contribution in [1.29, 1.82) is 0 Å². The van der Waals surface area contributed by atoms with Crippen LogP contribution in [-0.4, -0.2) is 41.5 Å². The smallest absolute Gasteiger partial charge is 0.368 e. The van der Waals surface area contributed by atoms with E-state index in [-0.39, 0.29) is 17.8 Å². The average molecular weight is 291 g/mol. The molecular formula is C12H20F3N5. The highest BCUT2D eigenvalue weighted by molar-refractivity contribution is 5.42. The van der Waals surface area contributed by atoms with E-state index in [9.17, 15) is 13.2 Å². The maximum Gasteiger partial charge on any atom is 0.433 e. The van der Waals surface area contributed by atoms with E-state index in [2.05, 4.69) is 15.3 Å². The van der Waals surface area contributed by atoms with Crippen molar-refractivity contribution in [2.75, 3.05) is 31.7 Å². The summed E-state index contributed by atoms with van der Waals surface area (Å²) < 4.78 is 38.0. The van der Waals surface area contributed by atoms with Crippen LogP contribution in [0.5, 0.6) is 0 Å². The van der Waals surface area contributed by atoms with Gasteiger partial charge < -0.3 is 16.0 Å². The van der Waals surface area contributed by atoms with Crippen LogP contribution in [0.3, 0.4) is 0 Å². The molecule has 0 aliphatic rings. The molecule has 0 radical (unpaired) electrons. The molecule has 1 aromatic heterocycles. The Morgan fingerprint density at radius 1 is 1.30 bits per heavy atom. The molecule has 1 rings (SSSR count). The van der Waals surface area contributed by atoms with Gasteiger partial charge in [0.15, 0.2) is 5.69 Å². The van der Waals surface area contributed by atoms with E-state index >= 15 is 0 Å². The minimum Gasteiger partial charge on any atom is -0.368 e. The van der Waals surface area contributed by atoms with Crippen molar-refractivity contribution >= 4 is 11.8 Å². The van der Waals surface area contributed by atoms with Gasteiger partial charge in [-0.3, -0.25) is 0 Å². The number of halogens is 3. The first-order valence-electron chi connectivity index (χ1n) is 6.22. The van der Waals surface area contributed by atoms with Crippen LogP contribution in [-0.2, 0) is 6.18 Å². The highest BCUT2D eigenvalue weighted by Crippen LogP contribution is 2.29. The fourth-order valence-corrected chi connectivity index (χ4v) is 1.69. The molecule has 3 N–H and O–H groups in total. The first kappa shape index (κ1) is 16.5. The molecule has 1 heterocycles. The van der Waals surface area contributed by atoms with Crippen LogP contribution >= 0.6 is 0 Å². The minimum absolute atomic E-state index is 0.0413. The molecule has 114 valence electrons. The number of hydrogen-bond acceptors (Lipinski definition) is 5. The summed E-state index contributed by atoms with van der Waals surface area (Å²) >= 11 is 0. The number of rotatable bonds is 5. The van der Waals surface area contributed by atoms with Crippen molar-refractivity contribution < 1.29 is 13.2 Å². The van der Waals surface area contributed by atoms with Crippen LogP contribution in [0, 0.1) is 5.92 Å². The van der Waals surface area contributed by atoms with Gasteiger partial charge in [-0.25, -0.2) is 4.98 Å². The van der Waals surface area contributed by atoms with Crippen molar-refractivity contribution in [3.05, 3.63) is 11.8 Å². The SMILES string of the molecule is CC(C)C(CN(C)C)Nc1cc(C(F)(F)F)nc(N)n1. The summed E-state index contributed by atoms with van der Waals surface area (Å²) in [6.45, 7) is 4.63. The Hall–Kier alpha value is -1.57. The van der Waals surface area contributed by atoms with Gasteiger partial charge >= 0.3 is 6.18 Å². The molecule has 0 aromatic carbocycles. The van der Waals surface area contributed by atoms with Gasteiger partial charge in [0.25, 0.3) is 0 Å². The Bertz CT molecular complexity index is 445. The van der Waals surface area contributed by atoms with E-state index < -0.39 is 17.8 Å². The Morgan fingerprint density at radius 2 is 1.90 bits per heavy atom. The summed E-state index contributed by atoms with van der Waals surface area (Å²) in [4.78, 5) is 8.97. The van der Waals surface area contributed by atoms with Gasteiger partial charge in [-0.15, -0.1) is 0 Å². The standard InChI is InChI=1S/C12H20F3N5/c1-7(2)8(6-20(3)4)17-10-5-9(12(13,14)15)18-11(16)19-10/h5,7-8H,6H2,1-4H3,(H3,16,17,18,19). The lowest BCUT2D eigenvalue weighted by Gasteiger charge is -2.26. The molecule has 1 aromatic rings. The molecule has 0 aliphatic heterocycles. The summed E-state index contributed by atoms with van der Waals surface area (Å²) in [5.74, 6) is -0.0806. The van der Waals surface area contributed by atoms with Crippen molar-refractivity contribution in [2.45, 2.75) is 26.1 Å². The normalized spacial score (nSPS) is 13.8. The van der Waals surface area contributed by atoms with Crippen LogP contribution in [0.2, 0.25) is 0 Å². The highest BCUT2D eigenvalue weighted by Gasteiger charge is 2.33.